The minimum absolute atomic E-state index is 0.764. The van der Waals surface area contributed by atoms with Gasteiger partial charge in [0.15, 0.2) is 5.96 Å². The van der Waals surface area contributed by atoms with E-state index in [2.05, 4.69) is 76.5 Å². The lowest BCUT2D eigenvalue weighted by molar-refractivity contribution is 0.458. The van der Waals surface area contributed by atoms with E-state index in [-0.39, 0.29) is 0 Å². The summed E-state index contributed by atoms with van der Waals surface area (Å²) in [6.45, 7) is 1.89. The van der Waals surface area contributed by atoms with Crippen LogP contribution < -0.4 is 5.32 Å². The van der Waals surface area contributed by atoms with Crippen LogP contribution in [0.5, 0.6) is 0 Å². The number of aromatic nitrogens is 1. The van der Waals surface area contributed by atoms with Crippen LogP contribution in [0.4, 0.5) is 0 Å². The first-order chi connectivity index (χ1) is 11.7. The van der Waals surface area contributed by atoms with E-state index in [0.717, 1.165) is 36.8 Å². The van der Waals surface area contributed by atoms with Gasteiger partial charge in [-0.3, -0.25) is 4.99 Å². The number of benzene rings is 1. The maximum atomic E-state index is 4.46. The van der Waals surface area contributed by atoms with Crippen molar-refractivity contribution < 1.29 is 0 Å². The van der Waals surface area contributed by atoms with E-state index < -0.39 is 0 Å². The molecule has 0 saturated heterocycles. The maximum absolute atomic E-state index is 4.46. The molecule has 1 N–H and O–H groups in total. The number of nitrogens with zero attached hydrogens (tertiary/aromatic N) is 3. The van der Waals surface area contributed by atoms with Crippen molar-refractivity contribution in [1.82, 2.24) is 14.8 Å². The summed E-state index contributed by atoms with van der Waals surface area (Å²) in [6.07, 6.45) is 3.34. The molecule has 4 rings (SSSR count). The van der Waals surface area contributed by atoms with Gasteiger partial charge in [0.2, 0.25) is 0 Å². The number of nitrogens with one attached hydrogen (secondary N) is 1. The average molecular weight is 322 g/mol. The van der Waals surface area contributed by atoms with E-state index >= 15 is 0 Å². The van der Waals surface area contributed by atoms with Gasteiger partial charge in [0.25, 0.3) is 0 Å². The van der Waals surface area contributed by atoms with Gasteiger partial charge in [-0.25, -0.2) is 0 Å². The lowest BCUT2D eigenvalue weighted by Crippen LogP contribution is -2.40. The van der Waals surface area contributed by atoms with Crippen LogP contribution in [-0.2, 0) is 20.0 Å². The molecule has 1 fully saturated rings. The smallest absolute Gasteiger partial charge is 0.193 e. The summed E-state index contributed by atoms with van der Waals surface area (Å²) < 4.78 is 2.16. The number of hydrogen-bond donors (Lipinski definition) is 1. The Labute approximate surface area is 144 Å². The summed E-state index contributed by atoms with van der Waals surface area (Å²) in [7, 11) is 6.06. The highest BCUT2D eigenvalue weighted by atomic mass is 15.3. The molecule has 3 unspecified atom stereocenters. The second kappa shape index (κ2) is 6.00. The van der Waals surface area contributed by atoms with Crippen LogP contribution in [0.2, 0.25) is 0 Å². The van der Waals surface area contributed by atoms with Gasteiger partial charge >= 0.3 is 0 Å². The minimum Gasteiger partial charge on any atom is -0.356 e. The number of aliphatic imine (C=N–C) groups is 1. The molecular formula is C20H26N4. The molecule has 1 saturated carbocycles. The van der Waals surface area contributed by atoms with Crippen molar-refractivity contribution in [2.24, 2.45) is 23.9 Å². The zero-order valence-electron chi connectivity index (χ0n) is 14.7. The molecule has 3 atom stereocenters. The van der Waals surface area contributed by atoms with Gasteiger partial charge in [-0.05, 0) is 47.4 Å². The van der Waals surface area contributed by atoms with Gasteiger partial charge in [-0.1, -0.05) is 24.3 Å². The van der Waals surface area contributed by atoms with Crippen molar-refractivity contribution in [2.75, 3.05) is 20.6 Å². The molecule has 126 valence electrons. The molecule has 0 amide bonds. The molecule has 1 aromatic heterocycles. The Balaban J connectivity index is 1.34. The molecule has 1 aromatic carbocycles. The lowest BCUT2D eigenvalue weighted by Gasteiger charge is -2.22. The first kappa shape index (κ1) is 15.3. The average Bonchev–Trinajstić information content (AvgIpc) is 2.90. The molecule has 0 aliphatic heterocycles. The Morgan fingerprint density at radius 2 is 2.12 bits per heavy atom. The third kappa shape index (κ3) is 2.60. The number of aryl methyl sites for hydroxylation is 1. The number of guanidine groups is 1. The third-order valence-corrected chi connectivity index (χ3v) is 5.72. The zero-order valence-corrected chi connectivity index (χ0v) is 14.7. The fourth-order valence-corrected chi connectivity index (χ4v) is 4.33. The Hall–Kier alpha value is -2.23. The van der Waals surface area contributed by atoms with Crippen LogP contribution in [0.3, 0.4) is 0 Å². The van der Waals surface area contributed by atoms with Gasteiger partial charge in [0.05, 0.1) is 6.54 Å². The summed E-state index contributed by atoms with van der Waals surface area (Å²) in [5.74, 6) is 3.35. The van der Waals surface area contributed by atoms with E-state index in [4.69, 9.17) is 0 Å². The van der Waals surface area contributed by atoms with Gasteiger partial charge in [0.1, 0.15) is 0 Å². The van der Waals surface area contributed by atoms with Crippen LogP contribution in [0.15, 0.2) is 47.6 Å². The highest BCUT2D eigenvalue weighted by Crippen LogP contribution is 2.60. The fraction of sp³-hybridized carbons (Fsp3) is 0.450. The second-order valence-corrected chi connectivity index (χ2v) is 7.15. The largest absolute Gasteiger partial charge is 0.356 e. The minimum atomic E-state index is 0.764. The van der Waals surface area contributed by atoms with Crippen molar-refractivity contribution in [3.05, 3.63) is 59.4 Å². The fourth-order valence-electron chi connectivity index (χ4n) is 4.33. The first-order valence-corrected chi connectivity index (χ1v) is 8.79. The molecule has 2 aromatic rings. The zero-order chi connectivity index (χ0) is 16.7. The summed E-state index contributed by atoms with van der Waals surface area (Å²) in [5, 5.41) is 3.59. The molecule has 0 radical (unpaired) electrons. The lowest BCUT2D eigenvalue weighted by atomic mass is 10.0. The molecule has 0 spiro atoms. The van der Waals surface area contributed by atoms with Gasteiger partial charge < -0.3 is 14.8 Å². The Kier molecular flexibility index (Phi) is 3.83. The normalized spacial score (nSPS) is 24.5. The summed E-state index contributed by atoms with van der Waals surface area (Å²) >= 11 is 0. The molecule has 24 heavy (non-hydrogen) atoms. The molecular weight excluding hydrogens is 296 g/mol. The maximum Gasteiger partial charge on any atom is 0.193 e. The monoisotopic (exact) mass is 322 g/mol. The van der Waals surface area contributed by atoms with Crippen molar-refractivity contribution in [3.63, 3.8) is 0 Å². The summed E-state index contributed by atoms with van der Waals surface area (Å²) in [5.41, 5.74) is 4.44. The Bertz CT molecular complexity index is 761. The quantitative estimate of drug-likeness (QED) is 0.693. The van der Waals surface area contributed by atoms with E-state index in [1.54, 1.807) is 11.1 Å². The highest BCUT2D eigenvalue weighted by Gasteiger charge is 2.54. The Morgan fingerprint density at radius 3 is 2.88 bits per heavy atom. The highest BCUT2D eigenvalue weighted by molar-refractivity contribution is 5.79. The van der Waals surface area contributed by atoms with Gasteiger partial charge in [0, 0.05) is 39.6 Å². The molecule has 2 aliphatic rings. The molecule has 2 aliphatic carbocycles. The van der Waals surface area contributed by atoms with Crippen molar-refractivity contribution in [1.29, 1.82) is 0 Å². The third-order valence-electron chi connectivity index (χ3n) is 5.72. The topological polar surface area (TPSA) is 32.6 Å². The van der Waals surface area contributed by atoms with Gasteiger partial charge in [-0.2, -0.15) is 0 Å². The second-order valence-electron chi connectivity index (χ2n) is 7.15. The van der Waals surface area contributed by atoms with Crippen molar-refractivity contribution >= 4 is 5.96 Å². The molecule has 4 nitrogen and oxygen atoms in total. The first-order valence-electron chi connectivity index (χ1n) is 8.79. The van der Waals surface area contributed by atoms with Crippen LogP contribution in [0.25, 0.3) is 0 Å². The standard InChI is InChI=1S/C20H26N4/c1-21-20(24(3)13-15-8-6-10-23(15)2)22-12-18-17-11-14-7-4-5-9-16(14)19(17)18/h4-10,17-19H,11-13H2,1-3H3,(H,21,22). The van der Waals surface area contributed by atoms with Crippen molar-refractivity contribution in [3.8, 4) is 0 Å². The number of fused-ring (bicyclic) bond motifs is 3. The van der Waals surface area contributed by atoms with E-state index in [0.29, 0.717) is 0 Å². The summed E-state index contributed by atoms with van der Waals surface area (Å²) in [6, 6.07) is 13.2. The van der Waals surface area contributed by atoms with Crippen LogP contribution in [0, 0.1) is 11.8 Å². The predicted octanol–water partition coefficient (Wildman–Crippen LogP) is 2.62. The number of rotatable bonds is 4. The van der Waals surface area contributed by atoms with Crippen molar-refractivity contribution in [2.45, 2.75) is 18.9 Å². The van der Waals surface area contributed by atoms with E-state index in [1.807, 2.05) is 7.05 Å². The molecule has 0 bridgehead atoms. The Morgan fingerprint density at radius 1 is 1.29 bits per heavy atom. The van der Waals surface area contributed by atoms with E-state index in [9.17, 15) is 0 Å². The molecule has 4 heteroatoms. The summed E-state index contributed by atoms with van der Waals surface area (Å²) in [4.78, 5) is 6.65. The van der Waals surface area contributed by atoms with Gasteiger partial charge in [-0.15, -0.1) is 0 Å². The number of hydrogen-bond acceptors (Lipinski definition) is 1. The van der Waals surface area contributed by atoms with Crippen LogP contribution in [0.1, 0.15) is 22.7 Å². The SMILES string of the molecule is CN=C(NCC1C2Cc3ccccc3C12)N(C)Cc1cccn1C. The van der Waals surface area contributed by atoms with E-state index in [1.165, 1.54) is 12.1 Å². The van der Waals surface area contributed by atoms with Crippen LogP contribution in [-0.4, -0.2) is 36.1 Å². The predicted molar refractivity (Wildman–Crippen MR) is 98.1 cm³/mol. The van der Waals surface area contributed by atoms with Crippen LogP contribution >= 0.6 is 0 Å². The molecule has 1 heterocycles.